The summed E-state index contributed by atoms with van der Waals surface area (Å²) in [5, 5.41) is 10.2. The van der Waals surface area contributed by atoms with E-state index in [0.29, 0.717) is 22.3 Å². The number of Topliss-reactive ketones (excluding diaryl/α,β-unsaturated/α-hetero) is 1. The minimum absolute atomic E-state index is 0.0437. The molecule has 1 atom stereocenters. The Hall–Kier alpha value is -1.67. The Balaban J connectivity index is 1.57. The Bertz CT molecular complexity index is 1000. The van der Waals surface area contributed by atoms with Crippen LogP contribution in [0.25, 0.3) is 11.4 Å². The van der Waals surface area contributed by atoms with Gasteiger partial charge in [0.1, 0.15) is 0 Å². The zero-order valence-corrected chi connectivity index (χ0v) is 18.7. The monoisotopic (exact) mass is 491 g/mol. The highest BCUT2D eigenvalue weighted by atomic mass is 79.9. The van der Waals surface area contributed by atoms with Crippen LogP contribution in [-0.4, -0.2) is 39.0 Å². The number of aromatic nitrogens is 3. The van der Waals surface area contributed by atoms with E-state index in [1.165, 1.54) is 11.8 Å². The zero-order valence-electron chi connectivity index (χ0n) is 15.6. The second-order valence-electron chi connectivity index (χ2n) is 6.75. The van der Waals surface area contributed by atoms with Crippen LogP contribution >= 0.6 is 39.3 Å². The molecule has 0 amide bonds. The molecule has 1 aliphatic heterocycles. The second-order valence-corrected chi connectivity index (χ2v) is 8.98. The molecule has 29 heavy (non-hydrogen) atoms. The Morgan fingerprint density at radius 1 is 1.21 bits per heavy atom. The maximum Gasteiger partial charge on any atom is 0.192 e. The molecule has 2 heterocycles. The van der Waals surface area contributed by atoms with Gasteiger partial charge in [-0.2, -0.15) is 0 Å². The van der Waals surface area contributed by atoms with Crippen LogP contribution in [0.3, 0.4) is 0 Å². The summed E-state index contributed by atoms with van der Waals surface area (Å²) in [5.41, 5.74) is 1.60. The summed E-state index contributed by atoms with van der Waals surface area (Å²) in [6, 6.07) is 15.0. The van der Waals surface area contributed by atoms with Crippen molar-refractivity contribution in [1.29, 1.82) is 0 Å². The lowest BCUT2D eigenvalue weighted by Gasteiger charge is -2.14. The van der Waals surface area contributed by atoms with Crippen molar-refractivity contribution in [2.75, 3.05) is 12.4 Å². The number of ether oxygens (including phenoxy) is 1. The normalized spacial score (nSPS) is 16.3. The van der Waals surface area contributed by atoms with Crippen molar-refractivity contribution in [1.82, 2.24) is 14.8 Å². The van der Waals surface area contributed by atoms with Gasteiger partial charge in [-0.3, -0.25) is 9.36 Å². The molecule has 0 saturated carbocycles. The molecule has 8 heteroatoms. The molecule has 1 saturated heterocycles. The van der Waals surface area contributed by atoms with Gasteiger partial charge in [0.05, 0.1) is 18.4 Å². The number of hydrogen-bond donors (Lipinski definition) is 0. The van der Waals surface area contributed by atoms with E-state index < -0.39 is 0 Å². The summed E-state index contributed by atoms with van der Waals surface area (Å²) < 4.78 is 8.67. The number of hydrogen-bond acceptors (Lipinski definition) is 5. The smallest absolute Gasteiger partial charge is 0.192 e. The molecule has 0 radical (unpaired) electrons. The maximum atomic E-state index is 12.7. The van der Waals surface area contributed by atoms with E-state index in [4.69, 9.17) is 16.3 Å². The standard InChI is InChI=1S/C21H19BrClN3O2S/c22-18-6-2-1-5-17(18)19(27)13-29-21-25-24-20(14-7-9-15(23)10-8-14)26(21)12-16-4-3-11-28-16/h1-2,5-10,16H,3-4,11-13H2/t16-/m0/s1. The number of halogens is 2. The van der Waals surface area contributed by atoms with Crippen LogP contribution in [-0.2, 0) is 11.3 Å². The number of rotatable bonds is 7. The van der Waals surface area contributed by atoms with Gasteiger partial charge < -0.3 is 4.74 Å². The van der Waals surface area contributed by atoms with E-state index in [0.717, 1.165) is 35.3 Å². The first-order valence-corrected chi connectivity index (χ1v) is 11.5. The van der Waals surface area contributed by atoms with E-state index >= 15 is 0 Å². The third-order valence-corrected chi connectivity index (χ3v) is 6.65. The molecule has 150 valence electrons. The fourth-order valence-electron chi connectivity index (χ4n) is 3.26. The Morgan fingerprint density at radius 2 is 2.00 bits per heavy atom. The number of nitrogens with zero attached hydrogens (tertiary/aromatic N) is 3. The van der Waals surface area contributed by atoms with Crippen molar-refractivity contribution in [3.63, 3.8) is 0 Å². The van der Waals surface area contributed by atoms with Crippen LogP contribution in [0.4, 0.5) is 0 Å². The third-order valence-electron chi connectivity index (χ3n) is 4.74. The van der Waals surface area contributed by atoms with E-state index in [-0.39, 0.29) is 17.6 Å². The van der Waals surface area contributed by atoms with Crippen LogP contribution in [0.2, 0.25) is 5.02 Å². The molecular weight excluding hydrogens is 474 g/mol. The predicted octanol–water partition coefficient (Wildman–Crippen LogP) is 5.52. The minimum Gasteiger partial charge on any atom is -0.376 e. The molecule has 4 rings (SSSR count). The molecule has 5 nitrogen and oxygen atoms in total. The van der Waals surface area contributed by atoms with Gasteiger partial charge in [0.25, 0.3) is 0 Å². The highest BCUT2D eigenvalue weighted by molar-refractivity contribution is 9.10. The third kappa shape index (κ3) is 4.91. The molecule has 3 aromatic rings. The van der Waals surface area contributed by atoms with Crippen LogP contribution < -0.4 is 0 Å². The average Bonchev–Trinajstić information content (AvgIpc) is 3.38. The maximum absolute atomic E-state index is 12.7. The van der Waals surface area contributed by atoms with Crippen molar-refractivity contribution in [2.24, 2.45) is 0 Å². The SMILES string of the molecule is O=C(CSc1nnc(-c2ccc(Cl)cc2)n1C[C@@H]1CCCO1)c1ccccc1Br. The highest BCUT2D eigenvalue weighted by Gasteiger charge is 2.22. The lowest BCUT2D eigenvalue weighted by atomic mass is 10.1. The molecule has 0 bridgehead atoms. The van der Waals surface area contributed by atoms with Crippen LogP contribution in [0.15, 0.2) is 58.2 Å². The molecule has 1 aromatic heterocycles. The number of benzene rings is 2. The van der Waals surface area contributed by atoms with Crippen molar-refractivity contribution in [3.05, 3.63) is 63.6 Å². The van der Waals surface area contributed by atoms with E-state index in [2.05, 4.69) is 30.7 Å². The first kappa shape index (κ1) is 20.6. The molecule has 1 aliphatic rings. The summed E-state index contributed by atoms with van der Waals surface area (Å²) in [7, 11) is 0. The van der Waals surface area contributed by atoms with Gasteiger partial charge in [0.15, 0.2) is 16.8 Å². The Labute approximate surface area is 186 Å². The van der Waals surface area contributed by atoms with Crippen LogP contribution in [0.1, 0.15) is 23.2 Å². The van der Waals surface area contributed by atoms with E-state index in [1.807, 2.05) is 48.5 Å². The summed E-state index contributed by atoms with van der Waals surface area (Å²) in [4.78, 5) is 12.7. The minimum atomic E-state index is 0.0437. The molecular formula is C21H19BrClN3O2S. The Kier molecular flexibility index (Phi) is 6.70. The van der Waals surface area contributed by atoms with Gasteiger partial charge in [-0.1, -0.05) is 57.5 Å². The lowest BCUT2D eigenvalue weighted by Crippen LogP contribution is -2.17. The molecule has 0 unspecified atom stereocenters. The predicted molar refractivity (Wildman–Crippen MR) is 119 cm³/mol. The first-order valence-electron chi connectivity index (χ1n) is 9.33. The fourth-order valence-corrected chi connectivity index (χ4v) is 4.72. The highest BCUT2D eigenvalue weighted by Crippen LogP contribution is 2.28. The van der Waals surface area contributed by atoms with E-state index in [1.54, 1.807) is 0 Å². The summed E-state index contributed by atoms with van der Waals surface area (Å²) in [6.45, 7) is 1.45. The van der Waals surface area contributed by atoms with Crippen LogP contribution in [0, 0.1) is 0 Å². The average molecular weight is 493 g/mol. The quantitative estimate of drug-likeness (QED) is 0.321. The van der Waals surface area contributed by atoms with E-state index in [9.17, 15) is 4.79 Å². The van der Waals surface area contributed by atoms with Crippen LogP contribution in [0.5, 0.6) is 0 Å². The zero-order chi connectivity index (χ0) is 20.2. The number of carbonyl (C=O) groups excluding carboxylic acids is 1. The van der Waals surface area contributed by atoms with Gasteiger partial charge in [0.2, 0.25) is 0 Å². The molecule has 2 aromatic carbocycles. The van der Waals surface area contributed by atoms with Gasteiger partial charge >= 0.3 is 0 Å². The van der Waals surface area contributed by atoms with Crippen molar-refractivity contribution in [3.8, 4) is 11.4 Å². The summed E-state index contributed by atoms with van der Waals surface area (Å²) in [5.74, 6) is 1.09. The molecule has 0 N–H and O–H groups in total. The van der Waals surface area contributed by atoms with Crippen molar-refractivity contribution in [2.45, 2.75) is 30.6 Å². The second kappa shape index (κ2) is 9.43. The van der Waals surface area contributed by atoms with Crippen molar-refractivity contribution >= 4 is 45.1 Å². The van der Waals surface area contributed by atoms with Gasteiger partial charge in [-0.25, -0.2) is 0 Å². The van der Waals surface area contributed by atoms with Crippen molar-refractivity contribution < 1.29 is 9.53 Å². The molecule has 0 aliphatic carbocycles. The summed E-state index contributed by atoms with van der Waals surface area (Å²) >= 11 is 10.9. The largest absolute Gasteiger partial charge is 0.376 e. The fraction of sp³-hybridized carbons (Fsp3) is 0.286. The molecule has 1 fully saturated rings. The first-order chi connectivity index (χ1) is 14.1. The van der Waals surface area contributed by atoms with Gasteiger partial charge in [-0.15, -0.1) is 10.2 Å². The molecule has 0 spiro atoms. The lowest BCUT2D eigenvalue weighted by molar-refractivity contribution is 0.0953. The number of ketones is 1. The Morgan fingerprint density at radius 3 is 2.72 bits per heavy atom. The number of thioether (sulfide) groups is 1. The van der Waals surface area contributed by atoms with Gasteiger partial charge in [-0.05, 0) is 43.2 Å². The number of carbonyl (C=O) groups is 1. The van der Waals surface area contributed by atoms with Gasteiger partial charge in [0, 0.05) is 27.2 Å². The summed E-state index contributed by atoms with van der Waals surface area (Å²) in [6.07, 6.45) is 2.21. The topological polar surface area (TPSA) is 57.0 Å².